The molecule has 0 rings (SSSR count). The van der Waals surface area contributed by atoms with E-state index in [2.05, 4.69) is 11.4 Å². The summed E-state index contributed by atoms with van der Waals surface area (Å²) < 4.78 is 20.4. The summed E-state index contributed by atoms with van der Waals surface area (Å²) in [5.74, 6) is 0.346. The third-order valence-corrected chi connectivity index (χ3v) is 6.88. The maximum Gasteiger partial charge on any atom is 1.00 e. The van der Waals surface area contributed by atoms with Crippen molar-refractivity contribution in [3.05, 3.63) is 0 Å². The molecule has 0 N–H and O–H groups in total. The van der Waals surface area contributed by atoms with Crippen LogP contribution in [0.5, 0.6) is 0 Å². The quantitative estimate of drug-likeness (QED) is 0.205. The summed E-state index contributed by atoms with van der Waals surface area (Å²) in [4.78, 5) is 35.1. The van der Waals surface area contributed by atoms with Crippen molar-refractivity contribution >= 4 is 41.6 Å². The third-order valence-electron chi connectivity index (χ3n) is 3.56. The summed E-state index contributed by atoms with van der Waals surface area (Å²) in [6.45, 7) is 3.90. The molecule has 2 atom stereocenters. The van der Waals surface area contributed by atoms with Crippen LogP contribution in [0.15, 0.2) is 0 Å². The summed E-state index contributed by atoms with van der Waals surface area (Å²) in [6.07, 6.45) is 8.37. The first-order chi connectivity index (χ1) is 12.3. The van der Waals surface area contributed by atoms with Crippen molar-refractivity contribution in [3.8, 4) is 0 Å². The van der Waals surface area contributed by atoms with Gasteiger partial charge in [0.25, 0.3) is 7.82 Å². The van der Waals surface area contributed by atoms with Gasteiger partial charge >= 0.3 is 18.9 Å². The van der Waals surface area contributed by atoms with Gasteiger partial charge in [-0.15, -0.1) is 0 Å². The molecule has 0 spiro atoms. The van der Waals surface area contributed by atoms with Crippen molar-refractivity contribution in [1.82, 2.24) is 0 Å². The molecule has 27 heavy (non-hydrogen) atoms. The van der Waals surface area contributed by atoms with Crippen LogP contribution < -0.4 is 23.8 Å². The van der Waals surface area contributed by atoms with Crippen LogP contribution in [0, 0.1) is 0 Å². The minimum atomic E-state index is -4.33. The van der Waals surface area contributed by atoms with Gasteiger partial charge in [0.15, 0.2) is 10.2 Å². The first-order valence-electron chi connectivity index (χ1n) is 9.21. The Bertz CT molecular complexity index is 453. The number of phosphoric ester groups is 1. The van der Waals surface area contributed by atoms with E-state index < -0.39 is 13.1 Å². The Morgan fingerprint density at radius 1 is 1.00 bits per heavy atom. The van der Waals surface area contributed by atoms with Gasteiger partial charge in [-0.05, 0) is 12.8 Å². The van der Waals surface area contributed by atoms with E-state index in [1.165, 1.54) is 19.3 Å². The zero-order valence-corrected chi connectivity index (χ0v) is 19.6. The number of thioether (sulfide) groups is 2. The molecule has 6 nitrogen and oxygen atoms in total. The maximum atomic E-state index is 12.0. The molecule has 0 amide bonds. The summed E-state index contributed by atoms with van der Waals surface area (Å²) in [5, 5.41) is -0.348. The molecule has 0 saturated heterocycles. The predicted molar refractivity (Wildman–Crippen MR) is 107 cm³/mol. The van der Waals surface area contributed by atoms with Crippen molar-refractivity contribution in [2.24, 2.45) is 0 Å². The SMILES string of the molecule is CCCCCCCCC(=O)SC[C@H](COP(=O)([O-])OC)SC(=O)CCC.[Li+]. The van der Waals surface area contributed by atoms with Crippen LogP contribution in [0.25, 0.3) is 0 Å². The van der Waals surface area contributed by atoms with Crippen LogP contribution in [0.2, 0.25) is 0 Å². The van der Waals surface area contributed by atoms with Crippen LogP contribution in [0.1, 0.15) is 71.6 Å². The van der Waals surface area contributed by atoms with Gasteiger partial charge in [0.2, 0.25) is 0 Å². The number of carbonyl (C=O) groups excluding carboxylic acids is 2. The average Bonchev–Trinajstić information content (AvgIpc) is 2.60. The zero-order chi connectivity index (χ0) is 19.8. The van der Waals surface area contributed by atoms with Crippen molar-refractivity contribution < 1.29 is 47.0 Å². The molecule has 0 aromatic rings. The fourth-order valence-corrected chi connectivity index (χ4v) is 4.73. The van der Waals surface area contributed by atoms with E-state index in [1.807, 2.05) is 6.92 Å². The summed E-state index contributed by atoms with van der Waals surface area (Å²) in [7, 11) is -3.31. The van der Waals surface area contributed by atoms with Gasteiger partial charge in [-0.25, -0.2) is 0 Å². The first-order valence-corrected chi connectivity index (χ1v) is 12.5. The standard InChI is InChI=1S/C17H33O6PS2.Li/c1-4-6-7-8-9-10-12-16(18)25-14-15(26-17(19)11-5-2)13-23-24(20,21)22-3;/h15H,4-14H2,1-3H3,(H,20,21);/q;+1/p-1/t15-;/m0./s1. The summed E-state index contributed by atoms with van der Waals surface area (Å²) in [6, 6.07) is 0. The molecule has 0 aliphatic carbocycles. The topological polar surface area (TPSA) is 92.7 Å². The van der Waals surface area contributed by atoms with Crippen LogP contribution >= 0.6 is 31.3 Å². The minimum Gasteiger partial charge on any atom is -0.756 e. The minimum absolute atomic E-state index is 0. The zero-order valence-electron chi connectivity index (χ0n) is 17.1. The van der Waals surface area contributed by atoms with Crippen LogP contribution in [0.3, 0.4) is 0 Å². The molecule has 1 unspecified atom stereocenters. The molecule has 0 heterocycles. The number of hydrogen-bond donors (Lipinski definition) is 0. The smallest absolute Gasteiger partial charge is 0.756 e. The van der Waals surface area contributed by atoms with E-state index in [0.717, 1.165) is 56.3 Å². The number of phosphoric acid groups is 1. The van der Waals surface area contributed by atoms with E-state index in [0.29, 0.717) is 18.6 Å². The number of rotatable bonds is 16. The fraction of sp³-hybridized carbons (Fsp3) is 0.882. The van der Waals surface area contributed by atoms with Crippen LogP contribution in [-0.4, -0.2) is 35.0 Å². The van der Waals surface area contributed by atoms with E-state index >= 15 is 0 Å². The Balaban J connectivity index is 0. The van der Waals surface area contributed by atoms with Crippen molar-refractivity contribution in [1.29, 1.82) is 0 Å². The van der Waals surface area contributed by atoms with Gasteiger partial charge in [0.05, 0.1) is 6.61 Å². The maximum absolute atomic E-state index is 12.0. The molecule has 154 valence electrons. The monoisotopic (exact) mass is 434 g/mol. The van der Waals surface area contributed by atoms with Crippen LogP contribution in [-0.2, 0) is 23.2 Å². The fourth-order valence-electron chi connectivity index (χ4n) is 2.10. The molecule has 0 aromatic heterocycles. The number of carbonyl (C=O) groups is 2. The predicted octanol–water partition coefficient (Wildman–Crippen LogP) is 1.56. The normalized spacial score (nSPS) is 14.2. The molecule has 0 saturated carbocycles. The van der Waals surface area contributed by atoms with Crippen LogP contribution in [0.4, 0.5) is 0 Å². The Labute approximate surface area is 184 Å². The van der Waals surface area contributed by atoms with Gasteiger partial charge in [0.1, 0.15) is 0 Å². The van der Waals surface area contributed by atoms with Gasteiger partial charge in [-0.3, -0.25) is 14.2 Å². The van der Waals surface area contributed by atoms with Gasteiger partial charge in [0, 0.05) is 31.0 Å². The molecular weight excluding hydrogens is 402 g/mol. The van der Waals surface area contributed by atoms with Gasteiger partial charge < -0.3 is 13.9 Å². The van der Waals surface area contributed by atoms with Gasteiger partial charge in [-0.1, -0.05) is 69.5 Å². The first kappa shape index (κ1) is 29.9. The van der Waals surface area contributed by atoms with Crippen molar-refractivity contribution in [2.45, 2.75) is 76.9 Å². The molecule has 10 heteroatoms. The Hall–Kier alpha value is 0.747. The largest absolute Gasteiger partial charge is 1.00 e. The van der Waals surface area contributed by atoms with E-state index in [9.17, 15) is 19.0 Å². The molecule has 0 aliphatic rings. The summed E-state index contributed by atoms with van der Waals surface area (Å²) in [5.41, 5.74) is 0. The van der Waals surface area contributed by atoms with Crippen molar-refractivity contribution in [2.75, 3.05) is 19.5 Å². The number of unbranched alkanes of at least 4 members (excludes halogenated alkanes) is 5. The Morgan fingerprint density at radius 2 is 1.63 bits per heavy atom. The third kappa shape index (κ3) is 18.5. The molecule has 0 fully saturated rings. The van der Waals surface area contributed by atoms with E-state index in [1.54, 1.807) is 0 Å². The van der Waals surface area contributed by atoms with E-state index in [4.69, 9.17) is 4.52 Å². The average molecular weight is 434 g/mol. The van der Waals surface area contributed by atoms with Crippen molar-refractivity contribution in [3.63, 3.8) is 0 Å². The Kier molecular flexibility index (Phi) is 20.8. The Morgan fingerprint density at radius 3 is 2.22 bits per heavy atom. The molecule has 0 bridgehead atoms. The second kappa shape index (κ2) is 18.8. The second-order valence-corrected chi connectivity index (χ2v) is 9.94. The van der Waals surface area contributed by atoms with Gasteiger partial charge in [-0.2, -0.15) is 0 Å². The molecular formula is C17H32LiO6PS2. The number of hydrogen-bond acceptors (Lipinski definition) is 8. The molecule has 0 radical (unpaired) electrons. The van der Waals surface area contributed by atoms with E-state index in [-0.39, 0.29) is 35.7 Å². The summed E-state index contributed by atoms with van der Waals surface area (Å²) >= 11 is 2.19. The molecule has 0 aromatic carbocycles. The second-order valence-electron chi connectivity index (χ2n) is 5.99. The molecule has 0 aliphatic heterocycles.